The molecule has 0 bridgehead atoms. The van der Waals surface area contributed by atoms with E-state index >= 15 is 0 Å². The standard InChI is InChI=1S/C22H28N8O3S/c23-12-14-5-3-13(4-6-14)10-17(19(25)31)29-21(33)18(11-15-2-1-9-34-15)30-20(32)16(24)7-8-28-22(26)27/h1-6,9,16-18H,7-8,10-11,24H2,(H2,25,31)(H,29,33)(H,30,32)(H4,26,27,28)/t16-,17-,18-/m0/s1. The fourth-order valence-electron chi connectivity index (χ4n) is 3.03. The molecule has 1 aromatic carbocycles. The van der Waals surface area contributed by atoms with E-state index in [0.717, 1.165) is 4.88 Å². The van der Waals surface area contributed by atoms with Crippen LogP contribution in [-0.2, 0) is 27.2 Å². The Morgan fingerprint density at radius 1 is 1.00 bits per heavy atom. The molecule has 3 amide bonds. The molecule has 34 heavy (non-hydrogen) atoms. The van der Waals surface area contributed by atoms with Crippen molar-refractivity contribution >= 4 is 35.0 Å². The second kappa shape index (κ2) is 12.9. The minimum absolute atomic E-state index is 0.109. The van der Waals surface area contributed by atoms with Gasteiger partial charge in [0.05, 0.1) is 17.7 Å². The topological polar surface area (TPSA) is 216 Å². The molecule has 0 aliphatic rings. The highest BCUT2D eigenvalue weighted by Gasteiger charge is 2.28. The third kappa shape index (κ3) is 8.53. The molecule has 0 fully saturated rings. The molecule has 12 heteroatoms. The molecule has 180 valence electrons. The fraction of sp³-hybridized carbons (Fsp3) is 0.318. The van der Waals surface area contributed by atoms with E-state index < -0.39 is 35.8 Å². The largest absolute Gasteiger partial charge is 0.370 e. The molecule has 1 aromatic heterocycles. The van der Waals surface area contributed by atoms with Crippen LogP contribution < -0.4 is 33.6 Å². The first kappa shape index (κ1) is 26.3. The number of carbonyl (C=O) groups excluding carboxylic acids is 3. The molecule has 0 unspecified atom stereocenters. The summed E-state index contributed by atoms with van der Waals surface area (Å²) in [6.45, 7) is 0.160. The lowest BCUT2D eigenvalue weighted by Gasteiger charge is -2.23. The van der Waals surface area contributed by atoms with Crippen LogP contribution in [0.15, 0.2) is 46.8 Å². The van der Waals surface area contributed by atoms with Crippen molar-refractivity contribution in [2.45, 2.75) is 37.4 Å². The first-order valence-corrected chi connectivity index (χ1v) is 11.3. The highest BCUT2D eigenvalue weighted by Crippen LogP contribution is 2.12. The quantitative estimate of drug-likeness (QED) is 0.160. The number of rotatable bonds is 12. The monoisotopic (exact) mass is 484 g/mol. The third-order valence-corrected chi connectivity index (χ3v) is 5.77. The van der Waals surface area contributed by atoms with Crippen LogP contribution in [0.2, 0.25) is 0 Å². The second-order valence-electron chi connectivity index (χ2n) is 7.52. The number of nitrogens with zero attached hydrogens (tertiary/aromatic N) is 2. The number of aliphatic imine (C=N–C) groups is 1. The maximum atomic E-state index is 13.1. The van der Waals surface area contributed by atoms with Gasteiger partial charge in [0, 0.05) is 24.3 Å². The van der Waals surface area contributed by atoms with Gasteiger partial charge in [-0.25, -0.2) is 0 Å². The van der Waals surface area contributed by atoms with Crippen molar-refractivity contribution in [2.75, 3.05) is 6.54 Å². The summed E-state index contributed by atoms with van der Waals surface area (Å²) in [7, 11) is 0. The Morgan fingerprint density at radius 3 is 2.24 bits per heavy atom. The van der Waals surface area contributed by atoms with E-state index in [-0.39, 0.29) is 31.8 Å². The van der Waals surface area contributed by atoms with Crippen molar-refractivity contribution in [2.24, 2.45) is 27.9 Å². The summed E-state index contributed by atoms with van der Waals surface area (Å²) < 4.78 is 0. The van der Waals surface area contributed by atoms with E-state index in [0.29, 0.717) is 11.1 Å². The predicted molar refractivity (Wildman–Crippen MR) is 129 cm³/mol. The van der Waals surface area contributed by atoms with E-state index in [2.05, 4.69) is 15.6 Å². The Labute approximate surface area is 201 Å². The lowest BCUT2D eigenvalue weighted by molar-refractivity contribution is -0.131. The number of amides is 3. The highest BCUT2D eigenvalue weighted by atomic mass is 32.1. The first-order valence-electron chi connectivity index (χ1n) is 10.4. The number of primary amides is 1. The summed E-state index contributed by atoms with van der Waals surface area (Å²) in [5, 5.41) is 16.0. The Hall–Kier alpha value is -3.95. The maximum absolute atomic E-state index is 13.1. The van der Waals surface area contributed by atoms with Gasteiger partial charge in [-0.15, -0.1) is 11.3 Å². The van der Waals surface area contributed by atoms with Crippen LogP contribution in [0.5, 0.6) is 0 Å². The summed E-state index contributed by atoms with van der Waals surface area (Å²) in [5.74, 6) is -1.96. The van der Waals surface area contributed by atoms with E-state index in [1.54, 1.807) is 24.3 Å². The zero-order valence-corrected chi connectivity index (χ0v) is 19.3. The van der Waals surface area contributed by atoms with Gasteiger partial charge < -0.3 is 33.6 Å². The predicted octanol–water partition coefficient (Wildman–Crippen LogP) is -1.15. The molecule has 0 aliphatic heterocycles. The Morgan fingerprint density at radius 2 is 1.68 bits per heavy atom. The number of hydrogen-bond acceptors (Lipinski definition) is 7. The number of nitrogens with two attached hydrogens (primary N) is 4. The van der Waals surface area contributed by atoms with E-state index in [1.165, 1.54) is 11.3 Å². The number of nitrogens with one attached hydrogen (secondary N) is 2. The van der Waals surface area contributed by atoms with Gasteiger partial charge in [-0.2, -0.15) is 5.26 Å². The molecular weight excluding hydrogens is 456 g/mol. The third-order valence-electron chi connectivity index (χ3n) is 4.87. The van der Waals surface area contributed by atoms with Crippen LogP contribution in [0.1, 0.15) is 22.4 Å². The van der Waals surface area contributed by atoms with E-state index in [1.807, 2.05) is 23.6 Å². The SMILES string of the molecule is N#Cc1ccc(C[C@H](NC(=O)[C@H](Cc2cccs2)NC(=O)[C@@H](N)CCN=C(N)N)C(N)=O)cc1. The Kier molecular flexibility index (Phi) is 10.0. The molecule has 11 nitrogen and oxygen atoms in total. The average molecular weight is 485 g/mol. The molecule has 2 aromatic rings. The van der Waals surface area contributed by atoms with Gasteiger partial charge in [0.15, 0.2) is 5.96 Å². The van der Waals surface area contributed by atoms with Gasteiger partial charge in [0.1, 0.15) is 12.1 Å². The van der Waals surface area contributed by atoms with Crippen LogP contribution in [0.4, 0.5) is 0 Å². The van der Waals surface area contributed by atoms with E-state index in [9.17, 15) is 14.4 Å². The van der Waals surface area contributed by atoms with Crippen LogP contribution in [-0.4, -0.2) is 48.4 Å². The second-order valence-corrected chi connectivity index (χ2v) is 8.56. The van der Waals surface area contributed by atoms with Crippen LogP contribution >= 0.6 is 11.3 Å². The lowest BCUT2D eigenvalue weighted by Crippen LogP contribution is -2.56. The molecule has 0 spiro atoms. The summed E-state index contributed by atoms with van der Waals surface area (Å²) in [4.78, 5) is 42.3. The molecule has 2 rings (SSSR count). The number of nitriles is 1. The van der Waals surface area contributed by atoms with Crippen LogP contribution in [0.3, 0.4) is 0 Å². The number of guanidine groups is 1. The molecule has 0 saturated carbocycles. The molecular formula is C22H28N8O3S. The fourth-order valence-corrected chi connectivity index (χ4v) is 3.78. The van der Waals surface area contributed by atoms with E-state index in [4.69, 9.17) is 28.2 Å². The minimum Gasteiger partial charge on any atom is -0.370 e. The number of thiophene rings is 1. The summed E-state index contributed by atoms with van der Waals surface area (Å²) in [6, 6.07) is 9.32. The van der Waals surface area contributed by atoms with Crippen molar-refractivity contribution in [1.82, 2.24) is 10.6 Å². The van der Waals surface area contributed by atoms with Gasteiger partial charge in [-0.1, -0.05) is 18.2 Å². The summed E-state index contributed by atoms with van der Waals surface area (Å²) >= 11 is 1.43. The number of benzene rings is 1. The van der Waals surface area contributed by atoms with Crippen molar-refractivity contribution in [3.8, 4) is 6.07 Å². The molecule has 10 N–H and O–H groups in total. The van der Waals surface area contributed by atoms with Gasteiger partial charge in [0.2, 0.25) is 17.7 Å². The van der Waals surface area contributed by atoms with Crippen LogP contribution in [0.25, 0.3) is 0 Å². The maximum Gasteiger partial charge on any atom is 0.243 e. The van der Waals surface area contributed by atoms with Crippen molar-refractivity contribution in [3.05, 3.63) is 57.8 Å². The normalized spacial score (nSPS) is 13.1. The zero-order valence-electron chi connectivity index (χ0n) is 18.4. The van der Waals surface area contributed by atoms with Crippen LogP contribution in [0, 0.1) is 11.3 Å². The van der Waals surface area contributed by atoms with Crippen molar-refractivity contribution in [3.63, 3.8) is 0 Å². The number of hydrogen-bond donors (Lipinski definition) is 6. The molecule has 1 heterocycles. The zero-order chi connectivity index (χ0) is 25.1. The van der Waals surface area contributed by atoms with Crippen molar-refractivity contribution < 1.29 is 14.4 Å². The Bertz CT molecular complexity index is 1040. The van der Waals surface area contributed by atoms with Gasteiger partial charge in [-0.05, 0) is 35.6 Å². The Balaban J connectivity index is 2.10. The molecule has 0 saturated heterocycles. The molecule has 0 radical (unpaired) electrons. The summed E-state index contributed by atoms with van der Waals surface area (Å²) in [5.41, 5.74) is 23.2. The molecule has 0 aliphatic carbocycles. The average Bonchev–Trinajstić information content (AvgIpc) is 3.31. The minimum atomic E-state index is -1.02. The summed E-state index contributed by atoms with van der Waals surface area (Å²) in [6.07, 6.45) is 0.516. The lowest BCUT2D eigenvalue weighted by atomic mass is 10.0. The van der Waals surface area contributed by atoms with Gasteiger partial charge in [0.25, 0.3) is 0 Å². The first-order chi connectivity index (χ1) is 16.2. The van der Waals surface area contributed by atoms with Gasteiger partial charge >= 0.3 is 0 Å². The number of carbonyl (C=O) groups is 3. The van der Waals surface area contributed by atoms with Crippen molar-refractivity contribution in [1.29, 1.82) is 5.26 Å². The molecule has 3 atom stereocenters. The van der Waals surface area contributed by atoms with Gasteiger partial charge in [-0.3, -0.25) is 19.4 Å². The smallest absolute Gasteiger partial charge is 0.243 e. The highest BCUT2D eigenvalue weighted by molar-refractivity contribution is 7.09.